The number of nitrogens with zero attached hydrogens (tertiary/aromatic N) is 1. The van der Waals surface area contributed by atoms with Crippen LogP contribution >= 0.6 is 22.9 Å². The highest BCUT2D eigenvalue weighted by Gasteiger charge is 2.10. The van der Waals surface area contributed by atoms with Gasteiger partial charge in [-0.2, -0.15) is 0 Å². The highest BCUT2D eigenvalue weighted by atomic mass is 35.5. The first-order valence-electron chi connectivity index (χ1n) is 7.05. The number of pyridine rings is 1. The smallest absolute Gasteiger partial charge is 0.290 e. The molecular weight excluding hydrogens is 344 g/mol. The Balaban J connectivity index is 0.000000647. The summed E-state index contributed by atoms with van der Waals surface area (Å²) < 4.78 is 1.09. The number of thiophene rings is 1. The van der Waals surface area contributed by atoms with Gasteiger partial charge in [-0.25, -0.2) is 4.98 Å². The molecule has 122 valence electrons. The first-order valence-corrected chi connectivity index (χ1v) is 8.31. The number of halogens is 1. The summed E-state index contributed by atoms with van der Waals surface area (Å²) in [5.74, 6) is 5.98. The van der Waals surface area contributed by atoms with Gasteiger partial charge in [-0.15, -0.1) is 17.3 Å². The molecule has 0 fully saturated rings. The Morgan fingerprint density at radius 3 is 2.75 bits per heavy atom. The van der Waals surface area contributed by atoms with Crippen molar-refractivity contribution in [2.75, 3.05) is 5.32 Å². The summed E-state index contributed by atoms with van der Waals surface area (Å²) in [6.07, 6.45) is 0. The molecule has 0 aliphatic carbocycles. The number of anilines is 1. The first kappa shape index (κ1) is 17.8. The minimum Gasteiger partial charge on any atom is -0.483 e. The van der Waals surface area contributed by atoms with Crippen LogP contribution in [0.3, 0.4) is 0 Å². The fourth-order valence-corrected chi connectivity index (χ4v) is 3.25. The quantitative estimate of drug-likeness (QED) is 0.407. The molecule has 0 atom stereocenters. The van der Waals surface area contributed by atoms with Crippen molar-refractivity contribution in [2.24, 2.45) is 0 Å². The second-order valence-corrected chi connectivity index (χ2v) is 5.91. The maximum Gasteiger partial charge on any atom is 0.290 e. The van der Waals surface area contributed by atoms with Gasteiger partial charge in [0.2, 0.25) is 0 Å². The molecule has 0 aliphatic rings. The summed E-state index contributed by atoms with van der Waals surface area (Å²) in [5.41, 5.74) is 4.03. The molecule has 6 heteroatoms. The second kappa shape index (κ2) is 8.92. The summed E-state index contributed by atoms with van der Waals surface area (Å²) in [5, 5.41) is 12.8. The van der Waals surface area contributed by atoms with Crippen LogP contribution in [0.25, 0.3) is 10.2 Å². The molecule has 0 amide bonds. The largest absolute Gasteiger partial charge is 0.483 e. The van der Waals surface area contributed by atoms with E-state index in [0.29, 0.717) is 5.15 Å². The van der Waals surface area contributed by atoms with Crippen LogP contribution in [0.2, 0.25) is 5.15 Å². The standard InChI is InChI=1S/C17H13ClN2S.CH2O2/c1-2-6-13-11-21-17-14(9-15(18)20-16(13)17)19-10-12-7-4-3-5-8-12;2-1-3/h3-5,7-9,11H,10H2,1H3,(H,19,20);1H,(H,2,3). The van der Waals surface area contributed by atoms with Crippen LogP contribution in [-0.4, -0.2) is 16.6 Å². The summed E-state index contributed by atoms with van der Waals surface area (Å²) in [7, 11) is 0. The molecular formula is C18H15ClN2O2S. The summed E-state index contributed by atoms with van der Waals surface area (Å²) in [6.45, 7) is 2.32. The van der Waals surface area contributed by atoms with Gasteiger partial charge in [0.1, 0.15) is 10.7 Å². The van der Waals surface area contributed by atoms with Crippen molar-refractivity contribution in [2.45, 2.75) is 13.5 Å². The van der Waals surface area contributed by atoms with Crippen LogP contribution in [-0.2, 0) is 11.3 Å². The van der Waals surface area contributed by atoms with E-state index in [2.05, 4.69) is 34.3 Å². The molecule has 1 aromatic carbocycles. The van der Waals surface area contributed by atoms with Crippen LogP contribution in [0.1, 0.15) is 18.1 Å². The van der Waals surface area contributed by atoms with Crippen molar-refractivity contribution in [3.63, 3.8) is 0 Å². The SMILES string of the molecule is CC#Cc1csc2c(NCc3ccccc3)cc(Cl)nc12.O=CO. The highest BCUT2D eigenvalue weighted by molar-refractivity contribution is 7.18. The molecule has 3 rings (SSSR count). The van der Waals surface area contributed by atoms with Gasteiger partial charge in [0.05, 0.1) is 16.0 Å². The van der Waals surface area contributed by atoms with E-state index in [1.807, 2.05) is 36.6 Å². The highest BCUT2D eigenvalue weighted by Crippen LogP contribution is 2.33. The lowest BCUT2D eigenvalue weighted by molar-refractivity contribution is -0.122. The molecule has 0 spiro atoms. The Kier molecular flexibility index (Phi) is 6.62. The van der Waals surface area contributed by atoms with Crippen LogP contribution in [0, 0.1) is 11.8 Å². The van der Waals surface area contributed by atoms with E-state index in [1.54, 1.807) is 11.3 Å². The molecule has 24 heavy (non-hydrogen) atoms. The van der Waals surface area contributed by atoms with Crippen molar-refractivity contribution < 1.29 is 9.90 Å². The van der Waals surface area contributed by atoms with Gasteiger partial charge in [0.25, 0.3) is 6.47 Å². The topological polar surface area (TPSA) is 62.2 Å². The maximum atomic E-state index is 8.36. The van der Waals surface area contributed by atoms with E-state index in [-0.39, 0.29) is 6.47 Å². The van der Waals surface area contributed by atoms with E-state index in [1.165, 1.54) is 5.56 Å². The lowest BCUT2D eigenvalue weighted by Gasteiger charge is -2.08. The molecule has 0 aliphatic heterocycles. The number of carbonyl (C=O) groups is 1. The summed E-state index contributed by atoms with van der Waals surface area (Å²) in [4.78, 5) is 12.8. The number of rotatable bonds is 3. The van der Waals surface area contributed by atoms with Crippen molar-refractivity contribution in [3.8, 4) is 11.8 Å². The average Bonchev–Trinajstić information content (AvgIpc) is 2.98. The Morgan fingerprint density at radius 2 is 2.08 bits per heavy atom. The molecule has 0 saturated heterocycles. The minimum atomic E-state index is -0.250. The predicted octanol–water partition coefficient (Wildman–Crippen LogP) is 4.63. The maximum absolute atomic E-state index is 8.36. The molecule has 0 unspecified atom stereocenters. The third kappa shape index (κ3) is 4.48. The number of nitrogens with one attached hydrogen (secondary N) is 1. The second-order valence-electron chi connectivity index (χ2n) is 4.64. The fraction of sp³-hybridized carbons (Fsp3) is 0.111. The summed E-state index contributed by atoms with van der Waals surface area (Å²) in [6, 6.07) is 12.1. The zero-order valence-corrected chi connectivity index (χ0v) is 14.5. The predicted molar refractivity (Wildman–Crippen MR) is 99.6 cm³/mol. The van der Waals surface area contributed by atoms with Gasteiger partial charge in [-0.1, -0.05) is 47.9 Å². The Hall–Kier alpha value is -2.55. The van der Waals surface area contributed by atoms with E-state index in [4.69, 9.17) is 21.5 Å². The lowest BCUT2D eigenvalue weighted by Crippen LogP contribution is -1.99. The molecule has 3 aromatic rings. The van der Waals surface area contributed by atoms with E-state index in [9.17, 15) is 0 Å². The normalized spacial score (nSPS) is 9.42. The third-order valence-corrected chi connectivity index (χ3v) is 4.27. The number of hydrogen-bond acceptors (Lipinski definition) is 4. The van der Waals surface area contributed by atoms with Crippen molar-refractivity contribution >= 4 is 45.3 Å². The molecule has 0 saturated carbocycles. The molecule has 2 N–H and O–H groups in total. The molecule has 0 radical (unpaired) electrons. The average molecular weight is 359 g/mol. The molecule has 2 aromatic heterocycles. The monoisotopic (exact) mass is 358 g/mol. The zero-order chi connectivity index (χ0) is 17.4. The Bertz CT molecular complexity index is 882. The van der Waals surface area contributed by atoms with E-state index >= 15 is 0 Å². The van der Waals surface area contributed by atoms with Gasteiger partial charge in [-0.3, -0.25) is 4.79 Å². The van der Waals surface area contributed by atoms with Gasteiger partial charge in [-0.05, 0) is 12.5 Å². The third-order valence-electron chi connectivity index (χ3n) is 3.08. The van der Waals surface area contributed by atoms with Crippen molar-refractivity contribution in [1.29, 1.82) is 0 Å². The van der Waals surface area contributed by atoms with Gasteiger partial charge >= 0.3 is 0 Å². The first-order chi connectivity index (χ1) is 11.7. The Morgan fingerprint density at radius 1 is 1.38 bits per heavy atom. The van der Waals surface area contributed by atoms with Gasteiger partial charge in [0, 0.05) is 18.0 Å². The van der Waals surface area contributed by atoms with E-state index < -0.39 is 0 Å². The van der Waals surface area contributed by atoms with Gasteiger partial charge in [0.15, 0.2) is 0 Å². The Labute approximate surface area is 149 Å². The number of carboxylic acid groups (broad SMARTS) is 1. The number of fused-ring (bicyclic) bond motifs is 1. The lowest BCUT2D eigenvalue weighted by atomic mass is 10.2. The van der Waals surface area contributed by atoms with Crippen LogP contribution in [0.4, 0.5) is 5.69 Å². The van der Waals surface area contributed by atoms with Crippen LogP contribution in [0.5, 0.6) is 0 Å². The number of aromatic nitrogens is 1. The molecule has 4 nitrogen and oxygen atoms in total. The van der Waals surface area contributed by atoms with Gasteiger partial charge < -0.3 is 10.4 Å². The fourth-order valence-electron chi connectivity index (χ4n) is 2.13. The summed E-state index contributed by atoms with van der Waals surface area (Å²) >= 11 is 7.78. The van der Waals surface area contributed by atoms with Crippen LogP contribution in [0.15, 0.2) is 41.8 Å². The zero-order valence-electron chi connectivity index (χ0n) is 12.9. The van der Waals surface area contributed by atoms with Crippen LogP contribution < -0.4 is 5.32 Å². The molecule has 2 heterocycles. The number of hydrogen-bond donors (Lipinski definition) is 2. The van der Waals surface area contributed by atoms with Crippen molar-refractivity contribution in [3.05, 3.63) is 58.1 Å². The van der Waals surface area contributed by atoms with E-state index in [0.717, 1.165) is 28.0 Å². The van der Waals surface area contributed by atoms with Crippen molar-refractivity contribution in [1.82, 2.24) is 4.98 Å². The minimum absolute atomic E-state index is 0.250. The molecule has 0 bridgehead atoms. The number of benzene rings is 1.